The molecule has 0 aromatic heterocycles. The van der Waals surface area contributed by atoms with Crippen molar-refractivity contribution in [3.63, 3.8) is 0 Å². The van der Waals surface area contributed by atoms with Crippen molar-refractivity contribution in [2.45, 2.75) is 65.0 Å². The lowest BCUT2D eigenvalue weighted by Crippen LogP contribution is -2.36. The average molecular weight is 188 g/mol. The molecule has 0 rings (SSSR count). The predicted octanol–water partition coefficient (Wildman–Crippen LogP) is 4.30. The predicted molar refractivity (Wildman–Crippen MR) is 61.0 cm³/mol. The maximum absolute atomic E-state index is 4.74. The van der Waals surface area contributed by atoms with Gasteiger partial charge in [0.05, 0.1) is 0 Å². The van der Waals surface area contributed by atoms with Gasteiger partial charge in [0.25, 0.3) is 0 Å². The second kappa shape index (κ2) is 4.55. The molecular weight excluding hydrogens is 164 g/mol. The Bertz CT molecular complexity index is 125. The first kappa shape index (κ1) is 12.3. The van der Waals surface area contributed by atoms with Crippen LogP contribution in [-0.4, -0.2) is 4.75 Å². The van der Waals surface area contributed by atoms with E-state index in [0.717, 1.165) is 6.42 Å². The Morgan fingerprint density at radius 1 is 1.08 bits per heavy atom. The minimum atomic E-state index is 0.183. The molecule has 0 saturated heterocycles. The van der Waals surface area contributed by atoms with Crippen molar-refractivity contribution in [1.29, 1.82) is 0 Å². The van der Waals surface area contributed by atoms with Crippen molar-refractivity contribution in [2.24, 2.45) is 5.41 Å². The van der Waals surface area contributed by atoms with Crippen molar-refractivity contribution in [2.75, 3.05) is 0 Å². The molecule has 0 aliphatic rings. The Hall–Kier alpha value is 0.350. The number of rotatable bonds is 5. The van der Waals surface area contributed by atoms with E-state index in [1.54, 1.807) is 0 Å². The van der Waals surface area contributed by atoms with Crippen LogP contribution in [0.2, 0.25) is 0 Å². The van der Waals surface area contributed by atoms with Crippen molar-refractivity contribution >= 4 is 12.6 Å². The molecule has 0 radical (unpaired) electrons. The van der Waals surface area contributed by atoms with Gasteiger partial charge >= 0.3 is 0 Å². The maximum Gasteiger partial charge on any atom is 0.0150 e. The molecular formula is C11H24S. The van der Waals surface area contributed by atoms with Gasteiger partial charge in [0.15, 0.2) is 0 Å². The standard InChI is InChI=1S/C11H24S/c1-6-8-9-10(3,4)11(5,12)7-2/h12H,6-9H2,1-5H3. The van der Waals surface area contributed by atoms with Crippen LogP contribution in [-0.2, 0) is 0 Å². The van der Waals surface area contributed by atoms with Crippen LogP contribution in [0.3, 0.4) is 0 Å². The quantitative estimate of drug-likeness (QED) is 0.611. The van der Waals surface area contributed by atoms with Crippen LogP contribution in [0.4, 0.5) is 0 Å². The number of thiol groups is 1. The van der Waals surface area contributed by atoms with E-state index >= 15 is 0 Å². The first-order chi connectivity index (χ1) is 5.37. The van der Waals surface area contributed by atoms with Crippen LogP contribution in [0.15, 0.2) is 0 Å². The largest absolute Gasteiger partial charge is 0.172 e. The monoisotopic (exact) mass is 188 g/mol. The first-order valence-electron chi connectivity index (χ1n) is 5.09. The second-order valence-electron chi connectivity index (χ2n) is 4.61. The molecule has 1 atom stereocenters. The fraction of sp³-hybridized carbons (Fsp3) is 1.00. The molecule has 0 aromatic rings. The normalized spacial score (nSPS) is 17.5. The third-order valence-electron chi connectivity index (χ3n) is 3.30. The molecule has 0 bridgehead atoms. The van der Waals surface area contributed by atoms with E-state index in [2.05, 4.69) is 34.6 Å². The molecule has 0 nitrogen and oxygen atoms in total. The van der Waals surface area contributed by atoms with E-state index in [1.807, 2.05) is 0 Å². The SMILES string of the molecule is CCCCC(C)(C)C(C)(S)CC. The lowest BCUT2D eigenvalue weighted by atomic mass is 9.74. The number of unbranched alkanes of at least 4 members (excludes halogenated alkanes) is 1. The summed E-state index contributed by atoms with van der Waals surface area (Å²) < 4.78 is 0.183. The van der Waals surface area contributed by atoms with Crippen molar-refractivity contribution in [3.8, 4) is 0 Å². The van der Waals surface area contributed by atoms with Crippen LogP contribution < -0.4 is 0 Å². The van der Waals surface area contributed by atoms with Gasteiger partial charge < -0.3 is 0 Å². The topological polar surface area (TPSA) is 0 Å². The number of hydrogen-bond donors (Lipinski definition) is 1. The summed E-state index contributed by atoms with van der Waals surface area (Å²) >= 11 is 4.74. The Morgan fingerprint density at radius 2 is 1.58 bits per heavy atom. The highest BCUT2D eigenvalue weighted by atomic mass is 32.1. The molecule has 1 heteroatoms. The van der Waals surface area contributed by atoms with E-state index in [4.69, 9.17) is 12.6 Å². The van der Waals surface area contributed by atoms with Crippen molar-refractivity contribution < 1.29 is 0 Å². The molecule has 0 fully saturated rings. The zero-order valence-corrected chi connectivity index (χ0v) is 10.2. The number of hydrogen-bond acceptors (Lipinski definition) is 1. The van der Waals surface area contributed by atoms with Gasteiger partial charge in [0.2, 0.25) is 0 Å². The third kappa shape index (κ3) is 3.01. The molecule has 0 N–H and O–H groups in total. The lowest BCUT2D eigenvalue weighted by molar-refractivity contribution is 0.234. The highest BCUT2D eigenvalue weighted by Crippen LogP contribution is 2.42. The Kier molecular flexibility index (Phi) is 4.68. The summed E-state index contributed by atoms with van der Waals surface area (Å²) in [6.45, 7) is 11.4. The molecule has 0 amide bonds. The summed E-state index contributed by atoms with van der Waals surface area (Å²) in [5.41, 5.74) is 0.362. The summed E-state index contributed by atoms with van der Waals surface area (Å²) in [5.74, 6) is 0. The van der Waals surface area contributed by atoms with Crippen molar-refractivity contribution in [1.82, 2.24) is 0 Å². The van der Waals surface area contributed by atoms with Crippen LogP contribution in [0.1, 0.15) is 60.3 Å². The van der Waals surface area contributed by atoms with Gasteiger partial charge in [-0.2, -0.15) is 12.6 Å². The van der Waals surface area contributed by atoms with E-state index in [0.29, 0.717) is 5.41 Å². The first-order valence-corrected chi connectivity index (χ1v) is 5.54. The van der Waals surface area contributed by atoms with Gasteiger partial charge in [-0.25, -0.2) is 0 Å². The fourth-order valence-electron chi connectivity index (χ4n) is 1.37. The van der Waals surface area contributed by atoms with Gasteiger partial charge in [-0.3, -0.25) is 0 Å². The van der Waals surface area contributed by atoms with Crippen molar-refractivity contribution in [3.05, 3.63) is 0 Å². The Morgan fingerprint density at radius 3 is 1.92 bits per heavy atom. The van der Waals surface area contributed by atoms with Gasteiger partial charge in [0, 0.05) is 4.75 Å². The minimum Gasteiger partial charge on any atom is -0.172 e. The van der Waals surface area contributed by atoms with Crippen LogP contribution >= 0.6 is 12.6 Å². The summed E-state index contributed by atoms with van der Waals surface area (Å²) in [6, 6.07) is 0. The van der Waals surface area contributed by atoms with E-state index in [1.165, 1.54) is 19.3 Å². The molecule has 0 heterocycles. The van der Waals surface area contributed by atoms with Crippen LogP contribution in [0, 0.1) is 5.41 Å². The smallest absolute Gasteiger partial charge is 0.0150 e. The van der Waals surface area contributed by atoms with Crippen LogP contribution in [0.5, 0.6) is 0 Å². The lowest BCUT2D eigenvalue weighted by Gasteiger charge is -2.40. The second-order valence-corrected chi connectivity index (χ2v) is 5.60. The van der Waals surface area contributed by atoms with Gasteiger partial charge in [-0.1, -0.05) is 47.5 Å². The highest BCUT2D eigenvalue weighted by Gasteiger charge is 2.35. The zero-order chi connectivity index (χ0) is 9.83. The van der Waals surface area contributed by atoms with E-state index < -0.39 is 0 Å². The molecule has 74 valence electrons. The van der Waals surface area contributed by atoms with E-state index in [9.17, 15) is 0 Å². The van der Waals surface area contributed by atoms with Gasteiger partial charge in [0.1, 0.15) is 0 Å². The summed E-state index contributed by atoms with van der Waals surface area (Å²) in [4.78, 5) is 0. The van der Waals surface area contributed by atoms with Gasteiger partial charge in [-0.05, 0) is 18.3 Å². The summed E-state index contributed by atoms with van der Waals surface area (Å²) in [7, 11) is 0. The Balaban J connectivity index is 4.17. The zero-order valence-electron chi connectivity index (χ0n) is 9.28. The molecule has 0 saturated carbocycles. The minimum absolute atomic E-state index is 0.183. The maximum atomic E-state index is 4.74. The van der Waals surface area contributed by atoms with E-state index in [-0.39, 0.29) is 4.75 Å². The molecule has 0 aliphatic heterocycles. The Labute approximate surface area is 83.5 Å². The van der Waals surface area contributed by atoms with Gasteiger partial charge in [-0.15, -0.1) is 0 Å². The molecule has 12 heavy (non-hydrogen) atoms. The molecule has 0 aliphatic carbocycles. The summed E-state index contributed by atoms with van der Waals surface area (Å²) in [6.07, 6.45) is 5.05. The molecule has 1 unspecified atom stereocenters. The third-order valence-corrected chi connectivity index (χ3v) is 4.22. The molecule has 0 aromatic carbocycles. The molecule has 0 spiro atoms. The average Bonchev–Trinajstić information content (AvgIpc) is 2.00. The highest BCUT2D eigenvalue weighted by molar-refractivity contribution is 7.81. The summed E-state index contributed by atoms with van der Waals surface area (Å²) in [5, 5.41) is 0. The van der Waals surface area contributed by atoms with Crippen LogP contribution in [0.25, 0.3) is 0 Å². The fourth-order valence-corrected chi connectivity index (χ4v) is 1.48.